The molecule has 0 aliphatic heterocycles. The molecule has 0 fully saturated rings. The van der Waals surface area contributed by atoms with Gasteiger partial charge in [0.15, 0.2) is 0 Å². The normalized spacial score (nSPS) is 13.1. The Morgan fingerprint density at radius 2 is 1.17 bits per heavy atom. The molecule has 6 nitrogen and oxygen atoms in total. The molecule has 0 rings (SSSR count). The van der Waals surface area contributed by atoms with Gasteiger partial charge in [-0.05, 0) is 12.8 Å². The largest absolute Gasteiger partial charge is 0.481 e. The monoisotopic (exact) mass is 264 g/mol. The van der Waals surface area contributed by atoms with Crippen molar-refractivity contribution in [2.45, 2.75) is 51.7 Å². The SMILES string of the molecule is CCC(CC(=O)O)OC.CCC(CC(=O)O)OC. The Labute approximate surface area is 108 Å². The van der Waals surface area contributed by atoms with Crippen LogP contribution in [0.1, 0.15) is 39.5 Å². The van der Waals surface area contributed by atoms with Crippen molar-refractivity contribution in [2.24, 2.45) is 0 Å². The highest BCUT2D eigenvalue weighted by atomic mass is 16.5. The highest BCUT2D eigenvalue weighted by molar-refractivity contribution is 5.67. The molecular weight excluding hydrogens is 240 g/mol. The van der Waals surface area contributed by atoms with Crippen LogP contribution in [0.3, 0.4) is 0 Å². The molecule has 0 radical (unpaired) electrons. The number of aliphatic carboxylic acids is 2. The van der Waals surface area contributed by atoms with Crippen LogP contribution in [-0.2, 0) is 19.1 Å². The Hall–Kier alpha value is -1.14. The van der Waals surface area contributed by atoms with Gasteiger partial charge < -0.3 is 19.7 Å². The van der Waals surface area contributed by atoms with E-state index in [1.807, 2.05) is 13.8 Å². The van der Waals surface area contributed by atoms with Crippen LogP contribution in [0.2, 0.25) is 0 Å². The van der Waals surface area contributed by atoms with E-state index in [4.69, 9.17) is 19.7 Å². The highest BCUT2D eigenvalue weighted by Gasteiger charge is 2.08. The smallest absolute Gasteiger partial charge is 0.305 e. The van der Waals surface area contributed by atoms with Gasteiger partial charge in [-0.3, -0.25) is 9.59 Å². The van der Waals surface area contributed by atoms with Crippen LogP contribution < -0.4 is 0 Å². The summed E-state index contributed by atoms with van der Waals surface area (Å²) in [5.41, 5.74) is 0. The number of rotatable bonds is 8. The average Bonchev–Trinajstić information content (AvgIpc) is 2.33. The Morgan fingerprint density at radius 3 is 1.22 bits per heavy atom. The van der Waals surface area contributed by atoms with Crippen molar-refractivity contribution < 1.29 is 29.3 Å². The van der Waals surface area contributed by atoms with E-state index in [9.17, 15) is 9.59 Å². The summed E-state index contributed by atoms with van der Waals surface area (Å²) in [7, 11) is 3.05. The zero-order valence-electron chi connectivity index (χ0n) is 11.5. The topological polar surface area (TPSA) is 93.1 Å². The van der Waals surface area contributed by atoms with Gasteiger partial charge in [0.25, 0.3) is 0 Å². The zero-order chi connectivity index (χ0) is 14.6. The molecule has 18 heavy (non-hydrogen) atoms. The molecule has 108 valence electrons. The molecule has 6 heteroatoms. The quantitative estimate of drug-likeness (QED) is 0.694. The summed E-state index contributed by atoms with van der Waals surface area (Å²) in [4.78, 5) is 20.1. The third-order valence-electron chi connectivity index (χ3n) is 2.38. The van der Waals surface area contributed by atoms with Crippen molar-refractivity contribution in [3.8, 4) is 0 Å². The van der Waals surface area contributed by atoms with E-state index in [0.29, 0.717) is 0 Å². The molecule has 0 saturated heterocycles. The van der Waals surface area contributed by atoms with Gasteiger partial charge in [-0.25, -0.2) is 0 Å². The van der Waals surface area contributed by atoms with E-state index in [-0.39, 0.29) is 25.0 Å². The summed E-state index contributed by atoms with van der Waals surface area (Å²) >= 11 is 0. The molecule has 0 amide bonds. The van der Waals surface area contributed by atoms with Crippen molar-refractivity contribution in [3.63, 3.8) is 0 Å². The number of hydrogen-bond donors (Lipinski definition) is 2. The first-order valence-electron chi connectivity index (χ1n) is 5.90. The molecule has 0 aromatic rings. The lowest BCUT2D eigenvalue weighted by atomic mass is 10.2. The van der Waals surface area contributed by atoms with Gasteiger partial charge in [0.2, 0.25) is 0 Å². The molecule has 0 spiro atoms. The summed E-state index contributed by atoms with van der Waals surface area (Å²) in [5, 5.41) is 16.5. The highest BCUT2D eigenvalue weighted by Crippen LogP contribution is 2.01. The van der Waals surface area contributed by atoms with Crippen LogP contribution in [0.5, 0.6) is 0 Å². The number of carboxylic acids is 2. The Balaban J connectivity index is 0. The number of carboxylic acid groups (broad SMARTS) is 2. The third kappa shape index (κ3) is 12.9. The van der Waals surface area contributed by atoms with Crippen LogP contribution >= 0.6 is 0 Å². The summed E-state index contributed by atoms with van der Waals surface area (Å²) in [6.45, 7) is 3.80. The fourth-order valence-electron chi connectivity index (χ4n) is 1.18. The van der Waals surface area contributed by atoms with Crippen LogP contribution in [0.4, 0.5) is 0 Å². The molecule has 2 atom stereocenters. The predicted molar refractivity (Wildman–Crippen MR) is 66.7 cm³/mol. The van der Waals surface area contributed by atoms with E-state index in [1.54, 1.807) is 0 Å². The summed E-state index contributed by atoms with van der Waals surface area (Å²) in [6, 6.07) is 0. The maximum atomic E-state index is 10.0. The number of ether oxygens (including phenoxy) is 2. The lowest BCUT2D eigenvalue weighted by molar-refractivity contribution is -0.140. The first kappa shape index (κ1) is 19.2. The van der Waals surface area contributed by atoms with Gasteiger partial charge in [-0.1, -0.05) is 13.8 Å². The second kappa shape index (κ2) is 12.3. The van der Waals surface area contributed by atoms with Crippen LogP contribution in [0.25, 0.3) is 0 Å². The van der Waals surface area contributed by atoms with Crippen molar-refractivity contribution in [1.82, 2.24) is 0 Å². The van der Waals surface area contributed by atoms with Crippen molar-refractivity contribution in [1.29, 1.82) is 0 Å². The molecular formula is C12H24O6. The molecule has 0 aliphatic rings. The minimum atomic E-state index is -0.802. The molecule has 0 bridgehead atoms. The van der Waals surface area contributed by atoms with E-state index < -0.39 is 11.9 Å². The standard InChI is InChI=1S/2C6H12O3/c2*1-3-5(9-2)4-6(7)8/h2*5H,3-4H2,1-2H3,(H,7,8). The van der Waals surface area contributed by atoms with Gasteiger partial charge in [-0.2, -0.15) is 0 Å². The Bertz CT molecular complexity index is 197. The number of hydrogen-bond acceptors (Lipinski definition) is 4. The zero-order valence-corrected chi connectivity index (χ0v) is 11.5. The maximum Gasteiger partial charge on any atom is 0.305 e. The number of carbonyl (C=O) groups is 2. The predicted octanol–water partition coefficient (Wildman–Crippen LogP) is 1.77. The molecule has 0 heterocycles. The Morgan fingerprint density at radius 1 is 0.889 bits per heavy atom. The number of methoxy groups -OCH3 is 2. The summed E-state index contributed by atoms with van der Waals surface area (Å²) in [6.07, 6.45) is 1.47. The minimum Gasteiger partial charge on any atom is -0.481 e. The van der Waals surface area contributed by atoms with Crippen LogP contribution in [-0.4, -0.2) is 48.6 Å². The lowest BCUT2D eigenvalue weighted by Crippen LogP contribution is -2.14. The van der Waals surface area contributed by atoms with Gasteiger partial charge in [-0.15, -0.1) is 0 Å². The fourth-order valence-corrected chi connectivity index (χ4v) is 1.18. The first-order chi connectivity index (χ1) is 8.40. The Kier molecular flexibility index (Phi) is 13.1. The van der Waals surface area contributed by atoms with Gasteiger partial charge >= 0.3 is 11.9 Å². The van der Waals surface area contributed by atoms with Crippen molar-refractivity contribution in [2.75, 3.05) is 14.2 Å². The molecule has 0 aromatic heterocycles. The van der Waals surface area contributed by atoms with E-state index in [1.165, 1.54) is 14.2 Å². The fraction of sp³-hybridized carbons (Fsp3) is 0.833. The third-order valence-corrected chi connectivity index (χ3v) is 2.38. The van der Waals surface area contributed by atoms with Gasteiger partial charge in [0, 0.05) is 14.2 Å². The summed E-state index contributed by atoms with van der Waals surface area (Å²) in [5.74, 6) is -1.60. The van der Waals surface area contributed by atoms with E-state index in [0.717, 1.165) is 12.8 Å². The van der Waals surface area contributed by atoms with Crippen molar-refractivity contribution >= 4 is 11.9 Å². The van der Waals surface area contributed by atoms with Crippen LogP contribution in [0, 0.1) is 0 Å². The maximum absolute atomic E-state index is 10.0. The molecule has 2 unspecified atom stereocenters. The van der Waals surface area contributed by atoms with Crippen molar-refractivity contribution in [3.05, 3.63) is 0 Å². The van der Waals surface area contributed by atoms with Crippen LogP contribution in [0.15, 0.2) is 0 Å². The minimum absolute atomic E-state index is 0.104. The first-order valence-corrected chi connectivity index (χ1v) is 5.90. The second-order valence-electron chi connectivity index (χ2n) is 3.73. The second-order valence-corrected chi connectivity index (χ2v) is 3.73. The molecule has 0 saturated carbocycles. The van der Waals surface area contributed by atoms with E-state index in [2.05, 4.69) is 0 Å². The average molecular weight is 264 g/mol. The molecule has 0 aromatic carbocycles. The van der Waals surface area contributed by atoms with E-state index >= 15 is 0 Å². The molecule has 0 aliphatic carbocycles. The van der Waals surface area contributed by atoms with Gasteiger partial charge in [0.1, 0.15) is 0 Å². The molecule has 2 N–H and O–H groups in total. The van der Waals surface area contributed by atoms with Gasteiger partial charge in [0.05, 0.1) is 25.0 Å². The lowest BCUT2D eigenvalue weighted by Gasteiger charge is -2.07. The summed E-state index contributed by atoms with van der Waals surface area (Å²) < 4.78 is 9.66.